The second kappa shape index (κ2) is 10.4. The van der Waals surface area contributed by atoms with Crippen molar-refractivity contribution < 1.29 is 0 Å². The first-order chi connectivity index (χ1) is 20.8. The number of nitrogens with zero attached hydrogens (tertiary/aromatic N) is 2. The van der Waals surface area contributed by atoms with Crippen LogP contribution in [0.3, 0.4) is 0 Å². The maximum atomic E-state index is 4.98. The lowest BCUT2D eigenvalue weighted by atomic mass is 9.97. The van der Waals surface area contributed by atoms with Crippen LogP contribution in [0, 0.1) is 0 Å². The summed E-state index contributed by atoms with van der Waals surface area (Å²) in [7, 11) is 0. The first kappa shape index (κ1) is 24.7. The molecule has 0 spiro atoms. The van der Waals surface area contributed by atoms with Gasteiger partial charge in [0.05, 0.1) is 22.6 Å². The number of para-hydroxylation sites is 2. The Balaban J connectivity index is 1.31. The molecule has 0 bridgehead atoms. The van der Waals surface area contributed by atoms with E-state index in [0.717, 1.165) is 27.8 Å². The Labute approximate surface area is 249 Å². The molecule has 0 atom stereocenters. The van der Waals surface area contributed by atoms with Crippen molar-refractivity contribution in [3.63, 3.8) is 0 Å². The molecule has 0 saturated carbocycles. The summed E-state index contributed by atoms with van der Waals surface area (Å²) in [6, 6.07) is 56.3. The van der Waals surface area contributed by atoms with Gasteiger partial charge in [-0.25, -0.2) is 4.98 Å². The van der Waals surface area contributed by atoms with Crippen LogP contribution in [0.15, 0.2) is 168 Å². The van der Waals surface area contributed by atoms with Gasteiger partial charge in [-0.1, -0.05) is 115 Å². The third-order valence-corrected chi connectivity index (χ3v) is 8.92. The van der Waals surface area contributed by atoms with Gasteiger partial charge in [-0.3, -0.25) is 0 Å². The van der Waals surface area contributed by atoms with Crippen LogP contribution < -0.4 is 4.90 Å². The van der Waals surface area contributed by atoms with Gasteiger partial charge in [-0.05, 0) is 76.9 Å². The van der Waals surface area contributed by atoms with Crippen molar-refractivity contribution in [1.82, 2.24) is 4.98 Å². The van der Waals surface area contributed by atoms with Gasteiger partial charge in [0.25, 0.3) is 0 Å². The number of benzene rings is 6. The van der Waals surface area contributed by atoms with Gasteiger partial charge in [-0.15, -0.1) is 0 Å². The number of rotatable bonds is 4. The van der Waals surface area contributed by atoms with Crippen LogP contribution in [0.1, 0.15) is 0 Å². The molecule has 8 rings (SSSR count). The average molecular weight is 555 g/mol. The largest absolute Gasteiger partial charge is 0.308 e. The number of aromatic nitrogens is 1. The first-order valence-corrected chi connectivity index (χ1v) is 14.9. The van der Waals surface area contributed by atoms with Crippen LogP contribution >= 0.6 is 11.8 Å². The van der Waals surface area contributed by atoms with Gasteiger partial charge in [0.2, 0.25) is 0 Å². The Morgan fingerprint density at radius 3 is 1.83 bits per heavy atom. The predicted octanol–water partition coefficient (Wildman–Crippen LogP) is 11.2. The molecule has 6 aromatic carbocycles. The monoisotopic (exact) mass is 554 g/mol. The highest BCUT2D eigenvalue weighted by Crippen LogP contribution is 2.53. The van der Waals surface area contributed by atoms with Crippen LogP contribution in [0.5, 0.6) is 0 Å². The van der Waals surface area contributed by atoms with E-state index in [1.807, 2.05) is 17.8 Å². The summed E-state index contributed by atoms with van der Waals surface area (Å²) >= 11 is 1.83. The second-order valence-corrected chi connectivity index (χ2v) is 11.6. The van der Waals surface area contributed by atoms with Crippen LogP contribution in [-0.4, -0.2) is 4.98 Å². The highest BCUT2D eigenvalue weighted by Gasteiger charge is 2.26. The molecule has 2 nitrogen and oxygen atoms in total. The number of pyridine rings is 1. The zero-order valence-corrected chi connectivity index (χ0v) is 23.6. The van der Waals surface area contributed by atoms with Gasteiger partial charge in [0.1, 0.15) is 0 Å². The normalized spacial score (nSPS) is 12.1. The molecule has 0 fully saturated rings. The number of fused-ring (bicyclic) bond motifs is 3. The molecule has 0 saturated heterocycles. The summed E-state index contributed by atoms with van der Waals surface area (Å²) < 4.78 is 0. The molecule has 42 heavy (non-hydrogen) atoms. The molecular formula is C39H26N2S. The third kappa shape index (κ3) is 4.45. The van der Waals surface area contributed by atoms with Crippen molar-refractivity contribution in [1.29, 1.82) is 0 Å². The van der Waals surface area contributed by atoms with Crippen LogP contribution in [0.4, 0.5) is 17.1 Å². The van der Waals surface area contributed by atoms with Gasteiger partial charge >= 0.3 is 0 Å². The second-order valence-electron chi connectivity index (χ2n) is 10.5. The molecule has 1 aliphatic rings. The fourth-order valence-electron chi connectivity index (χ4n) is 5.76. The van der Waals surface area contributed by atoms with Crippen LogP contribution in [0.25, 0.3) is 44.4 Å². The van der Waals surface area contributed by atoms with E-state index in [-0.39, 0.29) is 0 Å². The smallest absolute Gasteiger partial charge is 0.0710 e. The fraction of sp³-hybridized carbons (Fsp3) is 0. The quantitative estimate of drug-likeness (QED) is 0.215. The van der Waals surface area contributed by atoms with E-state index in [0.29, 0.717) is 0 Å². The minimum absolute atomic E-state index is 0.986. The van der Waals surface area contributed by atoms with E-state index in [9.17, 15) is 0 Å². The summed E-state index contributed by atoms with van der Waals surface area (Å²) in [5, 5.41) is 1.15. The third-order valence-electron chi connectivity index (χ3n) is 7.81. The van der Waals surface area contributed by atoms with Crippen LogP contribution in [0.2, 0.25) is 0 Å². The molecule has 198 valence electrons. The van der Waals surface area contributed by atoms with Gasteiger partial charge < -0.3 is 4.90 Å². The van der Waals surface area contributed by atoms with E-state index in [1.165, 1.54) is 43.4 Å². The Morgan fingerprint density at radius 1 is 0.429 bits per heavy atom. The number of anilines is 3. The first-order valence-electron chi connectivity index (χ1n) is 14.1. The molecule has 0 N–H and O–H groups in total. The van der Waals surface area contributed by atoms with Crippen molar-refractivity contribution in [2.75, 3.05) is 4.90 Å². The summed E-state index contributed by atoms with van der Waals surface area (Å²) in [5.74, 6) is 0. The maximum absolute atomic E-state index is 4.98. The molecule has 3 heteroatoms. The topological polar surface area (TPSA) is 16.1 Å². The predicted molar refractivity (Wildman–Crippen MR) is 177 cm³/mol. The molecule has 2 heterocycles. The molecule has 0 amide bonds. The molecule has 7 aromatic rings. The van der Waals surface area contributed by atoms with E-state index in [1.54, 1.807) is 0 Å². The van der Waals surface area contributed by atoms with E-state index in [4.69, 9.17) is 4.98 Å². The van der Waals surface area contributed by atoms with Gasteiger partial charge in [0, 0.05) is 26.4 Å². The fourth-order valence-corrected chi connectivity index (χ4v) is 6.85. The highest BCUT2D eigenvalue weighted by molar-refractivity contribution is 7.99. The molecule has 1 aliphatic heterocycles. The summed E-state index contributed by atoms with van der Waals surface area (Å²) in [5.41, 5.74) is 11.4. The molecular weight excluding hydrogens is 529 g/mol. The van der Waals surface area contributed by atoms with Gasteiger partial charge in [-0.2, -0.15) is 0 Å². The van der Waals surface area contributed by atoms with E-state index < -0.39 is 0 Å². The molecule has 0 unspecified atom stereocenters. The van der Waals surface area contributed by atoms with Crippen molar-refractivity contribution in [2.45, 2.75) is 9.79 Å². The Hall–Kier alpha value is -5.12. The Kier molecular flexibility index (Phi) is 6.09. The van der Waals surface area contributed by atoms with E-state index >= 15 is 0 Å². The SMILES string of the molecule is c1ccc(-c2cc(-c3ccccc3)cc(N3c4ccccc4Sc4cc(-c5ccc6ccccc6n5)ccc43)c2)cc1. The minimum atomic E-state index is 0.986. The van der Waals surface area contributed by atoms with E-state index in [2.05, 4.69) is 157 Å². The van der Waals surface area contributed by atoms with Crippen LogP contribution in [-0.2, 0) is 0 Å². The highest BCUT2D eigenvalue weighted by atomic mass is 32.2. The summed E-state index contributed by atoms with van der Waals surface area (Å²) in [6.07, 6.45) is 0. The van der Waals surface area contributed by atoms with Crippen molar-refractivity contribution in [3.8, 4) is 33.5 Å². The summed E-state index contributed by atoms with van der Waals surface area (Å²) in [4.78, 5) is 9.85. The lowest BCUT2D eigenvalue weighted by Crippen LogP contribution is -2.15. The minimum Gasteiger partial charge on any atom is -0.308 e. The molecule has 0 radical (unpaired) electrons. The lowest BCUT2D eigenvalue weighted by molar-refractivity contribution is 1.16. The Bertz CT molecular complexity index is 2010. The standard InChI is InChI=1S/C39H26N2S/c1-3-11-27(12-4-1)31-23-32(28-13-5-2-6-14-28)25-33(24-31)41-36-17-9-10-18-38(36)42-39-26-30(20-22-37(39)41)35-21-19-29-15-7-8-16-34(29)40-35/h1-26H. The summed E-state index contributed by atoms with van der Waals surface area (Å²) in [6.45, 7) is 0. The Morgan fingerprint density at radius 2 is 1.07 bits per heavy atom. The molecule has 0 aliphatic carbocycles. The zero-order chi connectivity index (χ0) is 27.9. The zero-order valence-electron chi connectivity index (χ0n) is 22.8. The number of hydrogen-bond donors (Lipinski definition) is 0. The average Bonchev–Trinajstić information content (AvgIpc) is 3.07. The van der Waals surface area contributed by atoms with Crippen molar-refractivity contribution >= 4 is 39.7 Å². The maximum Gasteiger partial charge on any atom is 0.0710 e. The number of hydrogen-bond acceptors (Lipinski definition) is 3. The van der Waals surface area contributed by atoms with Crippen molar-refractivity contribution in [2.24, 2.45) is 0 Å². The molecule has 1 aromatic heterocycles. The lowest BCUT2D eigenvalue weighted by Gasteiger charge is -2.33. The van der Waals surface area contributed by atoms with Crippen molar-refractivity contribution in [3.05, 3.63) is 158 Å². The van der Waals surface area contributed by atoms with Gasteiger partial charge in [0.15, 0.2) is 0 Å².